The molecule has 7 aliphatic rings. The Kier molecular flexibility index (Phi) is 38.8. The number of carbonyl (C=O) groups is 5. The maximum absolute atomic E-state index is 14.3. The summed E-state index contributed by atoms with van der Waals surface area (Å²) >= 11 is 0. The molecule has 0 bridgehead atoms. The van der Waals surface area contributed by atoms with Crippen LogP contribution in [0.15, 0.2) is 11.8 Å². The summed E-state index contributed by atoms with van der Waals surface area (Å²) in [5.41, 5.74) is 0. The second-order valence-electron chi connectivity index (χ2n) is 28.3. The van der Waals surface area contributed by atoms with Crippen molar-refractivity contribution in [3.05, 3.63) is 11.8 Å². The van der Waals surface area contributed by atoms with Gasteiger partial charge in [0.05, 0.1) is 38.1 Å². The number of aliphatic carboxylic acids is 3. The molecule has 7 heterocycles. The molecule has 0 saturated carbocycles. The molecule has 0 spiro atoms. The van der Waals surface area contributed by atoms with Crippen LogP contribution in [0.5, 0.6) is 0 Å². The molecule has 2 amide bonds. The highest BCUT2D eigenvalue weighted by Crippen LogP contribution is 2.43. The zero-order chi connectivity index (χ0) is 102. The molecule has 72 nitrogen and oxygen atoms in total. The first-order valence-corrected chi connectivity index (χ1v) is 49.5. The second kappa shape index (κ2) is 44.9. The molecule has 6 saturated heterocycles. The van der Waals surface area contributed by atoms with E-state index < -0.39 is 386 Å². The Bertz CT molecular complexity index is 5380. The van der Waals surface area contributed by atoms with E-state index in [1.165, 1.54) is 0 Å². The van der Waals surface area contributed by atoms with Crippen LogP contribution in [0.1, 0.15) is 34.6 Å². The quantitative estimate of drug-likeness (QED) is 0.0252. The largest absolute Gasteiger partial charge is 0.479 e. The summed E-state index contributed by atoms with van der Waals surface area (Å²) in [6.07, 6.45) is -107. The Labute approximate surface area is 751 Å². The molecule has 0 unspecified atom stereocenters. The average molecular weight is 2180 g/mol. The van der Waals surface area contributed by atoms with Crippen LogP contribution in [0.2, 0.25) is 0 Å². The normalized spacial score (nSPS) is 36.9. The molecular weight excluding hydrogens is 2090 g/mol. The number of carbonyl (C=O) groups excluding carboxylic acids is 2. The molecular formula is C52H82N2O70S10. The molecule has 0 radical (unpaired) electrons. The Hall–Kier alpha value is -5.25. The third-order valence-electron chi connectivity index (χ3n) is 18.6. The highest BCUT2D eigenvalue weighted by molar-refractivity contribution is 7.83. The smallest absolute Gasteiger partial charge is 0.397 e. The molecule has 0 aromatic heterocycles. The van der Waals surface area contributed by atoms with Crippen LogP contribution in [-0.2, 0) is 236 Å². The van der Waals surface area contributed by atoms with Gasteiger partial charge in [-0.05, 0) is 26.8 Å². The summed E-state index contributed by atoms with van der Waals surface area (Å²) in [7, 11) is -60.9. The number of carboxylic acids is 3. The number of hydrogen-bond acceptors (Lipinski definition) is 57. The van der Waals surface area contributed by atoms with Gasteiger partial charge < -0.3 is 133 Å². The average Bonchev–Trinajstić information content (AvgIpc) is 0.749. The van der Waals surface area contributed by atoms with Gasteiger partial charge in [-0.25, -0.2) is 56.2 Å². The van der Waals surface area contributed by atoms with E-state index >= 15 is 0 Å². The molecule has 0 aliphatic carbocycles. The molecule has 134 heavy (non-hydrogen) atoms. The number of ether oxygens (including phenoxy) is 14. The Morgan fingerprint density at radius 1 is 0.366 bits per heavy atom. The van der Waals surface area contributed by atoms with Crippen molar-refractivity contribution in [1.29, 1.82) is 0 Å². The molecule has 0 aromatic carbocycles. The highest BCUT2D eigenvalue weighted by Gasteiger charge is 2.64. The SMILES string of the molecule is CC(=O)N[C@H]1[C@H](O[C@@H]([C@H](O[C@@H]2O[C@@H](C)[C@@H](OS(=O)(=O)O)[C@@H](O)[C@@H]2OS(=O)(=O)O)[C@@H](O)CO)[C@H](O)C(=O)O)O[C@H](COS(=O)(=O)O)[C@H](OS(=O)(=O)O)[C@@H]1O[C@@H]1O[C@H](C(=O)O)[C@@H](O[C@@H]2O[C@H](COS(=O)(=O)O)[C@H](OS(=O)(=O)O)[C@H](O[C@@H]3OC(C(=O)O)=C[C@H](O[C@@H]4O[C@@H](C)[C@@H](OS(=O)(=O)O)[C@@H](O)[C@@H]4OS(=O)(=O)O)[C@H]3O)[C@H]2NC(C)=O)[C@H](O[C@@H]2O[C@@H](C)[C@@H](OS(=O)(=O)O)[C@@H](O)[C@@H]2OS(=O)(=O)O)[C@H]1O. The van der Waals surface area contributed by atoms with Gasteiger partial charge in [0.1, 0.15) is 134 Å². The zero-order valence-electron chi connectivity index (χ0n) is 66.5. The maximum atomic E-state index is 14.3. The number of amides is 2. The number of hydrogen-bond donors (Lipinski definition) is 23. The van der Waals surface area contributed by atoms with Crippen LogP contribution in [-0.4, -0.2) is 462 Å². The first-order valence-electron chi connectivity index (χ1n) is 35.8. The second-order valence-corrected chi connectivity index (χ2v) is 38.8. The molecule has 82 heteroatoms. The van der Waals surface area contributed by atoms with Gasteiger partial charge in [-0.1, -0.05) is 0 Å². The van der Waals surface area contributed by atoms with Gasteiger partial charge in [0.15, 0.2) is 68.3 Å². The third kappa shape index (κ3) is 33.5. The fourth-order valence-electron chi connectivity index (χ4n) is 13.6. The fourth-order valence-corrected chi connectivity index (χ4v) is 18.3. The highest BCUT2D eigenvalue weighted by atomic mass is 32.3. The van der Waals surface area contributed by atoms with E-state index in [1.54, 1.807) is 5.32 Å². The van der Waals surface area contributed by atoms with Crippen LogP contribution in [0.4, 0.5) is 0 Å². The van der Waals surface area contributed by atoms with Crippen molar-refractivity contribution in [3.8, 4) is 0 Å². The minimum absolute atomic E-state index is 0.174. The lowest BCUT2D eigenvalue weighted by Gasteiger charge is -2.51. The number of rotatable bonds is 45. The van der Waals surface area contributed by atoms with E-state index in [-0.39, 0.29) is 6.08 Å². The van der Waals surface area contributed by atoms with Crippen molar-refractivity contribution in [3.63, 3.8) is 0 Å². The van der Waals surface area contributed by atoms with Crippen molar-refractivity contribution in [2.45, 2.75) is 262 Å². The topological polar surface area (TPSA) is 1100 Å². The summed E-state index contributed by atoms with van der Waals surface area (Å²) in [4.78, 5) is 67.5. The fraction of sp³-hybridized carbons (Fsp3) is 0.865. The summed E-state index contributed by atoms with van der Waals surface area (Å²) in [6, 6.07) is -6.14. The first-order chi connectivity index (χ1) is 60.8. The van der Waals surface area contributed by atoms with Crippen molar-refractivity contribution in [2.24, 2.45) is 0 Å². The number of aliphatic hydroxyl groups excluding tert-OH is 8. The Morgan fingerprint density at radius 3 is 1.05 bits per heavy atom. The Balaban J connectivity index is 1.49. The molecule has 7 aliphatic heterocycles. The maximum Gasteiger partial charge on any atom is 0.397 e. The number of carboxylic acid groups (broad SMARTS) is 3. The van der Waals surface area contributed by atoms with Crippen molar-refractivity contribution >= 4 is 134 Å². The van der Waals surface area contributed by atoms with E-state index in [0.717, 1.165) is 6.92 Å². The van der Waals surface area contributed by atoms with Gasteiger partial charge in [-0.15, -0.1) is 0 Å². The van der Waals surface area contributed by atoms with Crippen LogP contribution < -0.4 is 10.6 Å². The van der Waals surface area contributed by atoms with E-state index in [4.69, 9.17) is 74.7 Å². The minimum Gasteiger partial charge on any atom is -0.479 e. The molecule has 0 aromatic rings. The van der Waals surface area contributed by atoms with Crippen LogP contribution >= 0.6 is 0 Å². The van der Waals surface area contributed by atoms with Gasteiger partial charge >= 0.3 is 122 Å². The van der Waals surface area contributed by atoms with Gasteiger partial charge in [0.25, 0.3) is 0 Å². The first kappa shape index (κ1) is 116. The zero-order valence-corrected chi connectivity index (χ0v) is 74.7. The lowest BCUT2D eigenvalue weighted by molar-refractivity contribution is -0.387. The van der Waals surface area contributed by atoms with Gasteiger partial charge in [0, 0.05) is 13.8 Å². The molecule has 37 atom stereocenters. The van der Waals surface area contributed by atoms with Crippen molar-refractivity contribution in [2.75, 3.05) is 19.8 Å². The van der Waals surface area contributed by atoms with Crippen molar-refractivity contribution in [1.82, 2.24) is 10.6 Å². The van der Waals surface area contributed by atoms with Crippen molar-refractivity contribution < 1.29 is 318 Å². The van der Waals surface area contributed by atoms with Crippen LogP contribution in [0.25, 0.3) is 0 Å². The van der Waals surface area contributed by atoms with E-state index in [0.29, 0.717) is 27.7 Å². The minimum atomic E-state index is -6.49. The van der Waals surface area contributed by atoms with Crippen LogP contribution in [0.3, 0.4) is 0 Å². The molecule has 23 N–H and O–H groups in total. The number of nitrogens with one attached hydrogen (secondary N) is 2. The third-order valence-corrected chi connectivity index (χ3v) is 23.1. The van der Waals surface area contributed by atoms with Gasteiger partial charge in [0.2, 0.25) is 23.9 Å². The predicted octanol–water partition coefficient (Wildman–Crippen LogP) is -15.7. The van der Waals surface area contributed by atoms with E-state index in [1.807, 2.05) is 5.32 Å². The van der Waals surface area contributed by atoms with E-state index in [9.17, 15) is 210 Å². The lowest BCUT2D eigenvalue weighted by atomic mass is 9.93. The van der Waals surface area contributed by atoms with Crippen LogP contribution in [0, 0.1) is 0 Å². The molecule has 6 fully saturated rings. The summed E-state index contributed by atoms with van der Waals surface area (Å²) in [5.74, 6) is -12.7. The molecule has 7 rings (SSSR count). The van der Waals surface area contributed by atoms with Gasteiger partial charge in [-0.3, -0.25) is 55.1 Å². The summed E-state index contributed by atoms with van der Waals surface area (Å²) in [6.45, 7) is -3.23. The lowest BCUT2D eigenvalue weighted by Crippen LogP contribution is -2.72. The standard InChI is InChI=1S/C52H82N2O70S10/c1-10-28(117-127(77,78)79)23(60)38(122-132(92,93)94)50(103-10)106-16-6-17(43(65)66)107-48(22(16)59)111-34-21(54-14(5)57)47(109-19(9-102-126(74,75)76)32(34)120-130(86,87)88)115-41-37(114-52-40(124-134(98,99)100)25(62)30(12(3)105-52)119-129(83,84)85)27(64)49(116-42(41)45(69)70)112-35-20(53-13(4)56)46(108-18(8-101-125(71,72)73)33(35)121-131(89,90)91)113-36(26(63)44(67)68)31(15(58)7-55)110-51-39(123-133(95,96)97)24(61)29(11(2)104-51)118-128(80,81)82/h6,10-12,15-16,18-42,46-52,55,58-64H,7-9H2,1-5H3,(H,53,56)(H,54,57)(H,65,66)(H,67,68)(H,69,70)(H,71,72,73)(H,74,75,76)(H,77,78,79)(H,80,81,82)(H,83,84,85)(H,86,87,88)(H,89,90,91)(H,92,93,94)(H,95,96,97)(H,98,99,100)/t10-,11-,12-,15-,16-,18+,19+,20+,21+,22+,23+,24+,25+,26-,27+,28+,29+,30+,31+,32-,33-,34+,35+,36+,37+,38-,39-,40-,41-,42-,46-,47-,48-,49+,50-,51-,52-/m0/s1. The Morgan fingerprint density at radius 2 is 0.694 bits per heavy atom. The number of aliphatic hydroxyl groups is 8. The van der Waals surface area contributed by atoms with Gasteiger partial charge in [-0.2, -0.15) is 84.2 Å². The molecule has 780 valence electrons. The summed E-state index contributed by atoms with van der Waals surface area (Å²) < 4.78 is 469. The summed E-state index contributed by atoms with van der Waals surface area (Å²) in [5, 5.41) is 128. The monoisotopic (exact) mass is 2170 g/mol. The predicted molar refractivity (Wildman–Crippen MR) is 390 cm³/mol. The van der Waals surface area contributed by atoms with E-state index in [2.05, 4.69) is 33.5 Å².